The van der Waals surface area contributed by atoms with Gasteiger partial charge < -0.3 is 10.8 Å². The molecule has 0 heterocycles. The SMILES string of the molecule is Cl.NC(CC(=O)O)c1cccc([N+](=O)[O-])c1. The highest BCUT2D eigenvalue weighted by molar-refractivity contribution is 5.85. The number of aliphatic carboxylic acids is 1. The number of carboxylic acid groups (broad SMARTS) is 1. The van der Waals surface area contributed by atoms with Crippen LogP contribution in [0.4, 0.5) is 5.69 Å². The maximum Gasteiger partial charge on any atom is 0.305 e. The second kappa shape index (κ2) is 6.04. The Bertz CT molecular complexity index is 397. The summed E-state index contributed by atoms with van der Waals surface area (Å²) in [5, 5.41) is 19.0. The lowest BCUT2D eigenvalue weighted by molar-refractivity contribution is -0.384. The van der Waals surface area contributed by atoms with Gasteiger partial charge in [-0.2, -0.15) is 0 Å². The molecule has 3 N–H and O–H groups in total. The van der Waals surface area contributed by atoms with Crippen LogP contribution in [0.25, 0.3) is 0 Å². The minimum absolute atomic E-state index is 0. The third-order valence-corrected chi connectivity index (χ3v) is 1.90. The van der Waals surface area contributed by atoms with E-state index in [1.54, 1.807) is 6.07 Å². The van der Waals surface area contributed by atoms with Gasteiger partial charge >= 0.3 is 5.97 Å². The molecule has 7 heteroatoms. The van der Waals surface area contributed by atoms with Crippen LogP contribution in [0.15, 0.2) is 24.3 Å². The van der Waals surface area contributed by atoms with Crippen LogP contribution in [0.3, 0.4) is 0 Å². The Morgan fingerprint density at radius 2 is 2.19 bits per heavy atom. The Balaban J connectivity index is 0.00000225. The van der Waals surface area contributed by atoms with Crippen molar-refractivity contribution in [3.63, 3.8) is 0 Å². The monoisotopic (exact) mass is 246 g/mol. The van der Waals surface area contributed by atoms with Gasteiger partial charge in [0.1, 0.15) is 0 Å². The normalized spacial score (nSPS) is 11.3. The second-order valence-corrected chi connectivity index (χ2v) is 3.06. The maximum atomic E-state index is 10.4. The van der Waals surface area contributed by atoms with Crippen LogP contribution in [-0.2, 0) is 4.79 Å². The molecule has 1 atom stereocenters. The van der Waals surface area contributed by atoms with Crippen molar-refractivity contribution in [2.75, 3.05) is 0 Å². The van der Waals surface area contributed by atoms with E-state index in [0.29, 0.717) is 5.56 Å². The molecule has 0 aliphatic carbocycles. The lowest BCUT2D eigenvalue weighted by Crippen LogP contribution is -2.15. The van der Waals surface area contributed by atoms with E-state index in [1.165, 1.54) is 18.2 Å². The highest BCUT2D eigenvalue weighted by Gasteiger charge is 2.13. The third kappa shape index (κ3) is 3.84. The summed E-state index contributed by atoms with van der Waals surface area (Å²) >= 11 is 0. The molecule has 6 nitrogen and oxygen atoms in total. The van der Waals surface area contributed by atoms with E-state index in [2.05, 4.69) is 0 Å². The van der Waals surface area contributed by atoms with Gasteiger partial charge in [0.15, 0.2) is 0 Å². The van der Waals surface area contributed by atoms with Gasteiger partial charge in [0.05, 0.1) is 11.3 Å². The lowest BCUT2D eigenvalue weighted by atomic mass is 10.0. The molecule has 0 saturated heterocycles. The van der Waals surface area contributed by atoms with E-state index >= 15 is 0 Å². The first-order valence-electron chi connectivity index (χ1n) is 4.22. The smallest absolute Gasteiger partial charge is 0.305 e. The van der Waals surface area contributed by atoms with E-state index in [0.717, 1.165) is 0 Å². The average molecular weight is 247 g/mol. The van der Waals surface area contributed by atoms with Crippen molar-refractivity contribution in [2.24, 2.45) is 5.73 Å². The second-order valence-electron chi connectivity index (χ2n) is 3.06. The summed E-state index contributed by atoms with van der Waals surface area (Å²) in [5.74, 6) is -1.03. The fourth-order valence-corrected chi connectivity index (χ4v) is 1.17. The van der Waals surface area contributed by atoms with Gasteiger partial charge in [0.2, 0.25) is 0 Å². The van der Waals surface area contributed by atoms with Crippen LogP contribution in [0, 0.1) is 10.1 Å². The number of nitro groups is 1. The summed E-state index contributed by atoms with van der Waals surface area (Å²) in [6.07, 6.45) is -0.249. The first-order chi connectivity index (χ1) is 7.00. The molecule has 0 spiro atoms. The molecule has 1 rings (SSSR count). The van der Waals surface area contributed by atoms with Crippen LogP contribution in [0.1, 0.15) is 18.0 Å². The van der Waals surface area contributed by atoms with Gasteiger partial charge in [-0.1, -0.05) is 12.1 Å². The average Bonchev–Trinajstić information content (AvgIpc) is 2.17. The Labute approximate surface area is 97.6 Å². The van der Waals surface area contributed by atoms with E-state index in [-0.39, 0.29) is 24.5 Å². The first kappa shape index (κ1) is 14.3. The zero-order chi connectivity index (χ0) is 11.4. The minimum Gasteiger partial charge on any atom is -0.481 e. The highest BCUT2D eigenvalue weighted by Crippen LogP contribution is 2.19. The largest absolute Gasteiger partial charge is 0.481 e. The zero-order valence-electron chi connectivity index (χ0n) is 8.20. The molecule has 1 aromatic carbocycles. The van der Waals surface area contributed by atoms with Gasteiger partial charge in [0.25, 0.3) is 5.69 Å². The summed E-state index contributed by atoms with van der Waals surface area (Å²) in [4.78, 5) is 20.3. The van der Waals surface area contributed by atoms with Gasteiger partial charge in [-0.05, 0) is 5.56 Å². The molecule has 0 aliphatic rings. The van der Waals surface area contributed by atoms with Crippen LogP contribution < -0.4 is 5.73 Å². The summed E-state index contributed by atoms with van der Waals surface area (Å²) in [6.45, 7) is 0. The molecule has 0 radical (unpaired) electrons. The Hall–Kier alpha value is -1.66. The number of nitrogens with zero attached hydrogens (tertiary/aromatic N) is 1. The number of nitro benzene ring substituents is 1. The van der Waals surface area contributed by atoms with Crippen molar-refractivity contribution in [1.82, 2.24) is 0 Å². The molecule has 0 amide bonds. The molecule has 0 fully saturated rings. The maximum absolute atomic E-state index is 10.4. The molecular weight excluding hydrogens is 236 g/mol. The summed E-state index contributed by atoms with van der Waals surface area (Å²) < 4.78 is 0. The van der Waals surface area contributed by atoms with Crippen molar-refractivity contribution < 1.29 is 14.8 Å². The van der Waals surface area contributed by atoms with Gasteiger partial charge in [-0.3, -0.25) is 14.9 Å². The van der Waals surface area contributed by atoms with Crippen LogP contribution in [0.2, 0.25) is 0 Å². The van der Waals surface area contributed by atoms with E-state index in [1.807, 2.05) is 0 Å². The fourth-order valence-electron chi connectivity index (χ4n) is 1.17. The van der Waals surface area contributed by atoms with Crippen molar-refractivity contribution >= 4 is 24.1 Å². The molecule has 16 heavy (non-hydrogen) atoms. The van der Waals surface area contributed by atoms with E-state index < -0.39 is 16.9 Å². The standard InChI is InChI=1S/C9H10N2O4.ClH/c10-8(5-9(12)13)6-2-1-3-7(4-6)11(14)15;/h1-4,8H,5,10H2,(H,12,13);1H. The van der Waals surface area contributed by atoms with Crippen molar-refractivity contribution in [2.45, 2.75) is 12.5 Å². The molecule has 0 aromatic heterocycles. The first-order valence-corrected chi connectivity index (χ1v) is 4.22. The van der Waals surface area contributed by atoms with Gasteiger partial charge in [-0.25, -0.2) is 0 Å². The number of non-ortho nitro benzene ring substituents is 1. The Morgan fingerprint density at radius 3 is 2.69 bits per heavy atom. The molecule has 88 valence electrons. The number of carbonyl (C=O) groups is 1. The number of carboxylic acids is 1. The molecule has 1 unspecified atom stereocenters. The van der Waals surface area contributed by atoms with Gasteiger partial charge in [0, 0.05) is 18.2 Å². The quantitative estimate of drug-likeness (QED) is 0.618. The topological polar surface area (TPSA) is 106 Å². The van der Waals surface area contributed by atoms with Crippen LogP contribution in [0.5, 0.6) is 0 Å². The predicted octanol–water partition coefficient (Wildman–Crippen LogP) is 1.49. The van der Waals surface area contributed by atoms with E-state index in [4.69, 9.17) is 10.8 Å². The molecular formula is C9H11ClN2O4. The zero-order valence-corrected chi connectivity index (χ0v) is 9.02. The number of hydrogen-bond acceptors (Lipinski definition) is 4. The molecule has 0 saturated carbocycles. The van der Waals surface area contributed by atoms with Crippen molar-refractivity contribution in [1.29, 1.82) is 0 Å². The minimum atomic E-state index is -1.03. The number of hydrogen-bond donors (Lipinski definition) is 2. The third-order valence-electron chi connectivity index (χ3n) is 1.90. The number of halogens is 1. The van der Waals surface area contributed by atoms with Gasteiger partial charge in [-0.15, -0.1) is 12.4 Å². The summed E-state index contributed by atoms with van der Waals surface area (Å²) in [7, 11) is 0. The Morgan fingerprint density at radius 1 is 1.56 bits per heavy atom. The van der Waals surface area contributed by atoms with Crippen molar-refractivity contribution in [3.8, 4) is 0 Å². The van der Waals surface area contributed by atoms with E-state index in [9.17, 15) is 14.9 Å². The molecule has 0 bridgehead atoms. The number of nitrogens with two attached hydrogens (primary N) is 1. The van der Waals surface area contributed by atoms with Crippen LogP contribution in [-0.4, -0.2) is 16.0 Å². The molecule has 1 aromatic rings. The van der Waals surface area contributed by atoms with Crippen molar-refractivity contribution in [3.05, 3.63) is 39.9 Å². The highest BCUT2D eigenvalue weighted by atomic mass is 35.5. The lowest BCUT2D eigenvalue weighted by Gasteiger charge is -2.08. The summed E-state index contributed by atoms with van der Waals surface area (Å²) in [5.41, 5.74) is 5.92. The number of benzene rings is 1. The Kier molecular flexibility index (Phi) is 5.41. The predicted molar refractivity (Wildman–Crippen MR) is 59.5 cm³/mol. The summed E-state index contributed by atoms with van der Waals surface area (Å²) in [6, 6.07) is 4.95. The fraction of sp³-hybridized carbons (Fsp3) is 0.222. The molecule has 0 aliphatic heterocycles. The van der Waals surface area contributed by atoms with Crippen LogP contribution >= 0.6 is 12.4 Å². The number of rotatable bonds is 4.